The number of para-hydroxylation sites is 1. The number of aromatic nitrogens is 1. The fraction of sp³-hybridized carbons (Fsp3) is 0.261. The van der Waals surface area contributed by atoms with Crippen molar-refractivity contribution in [2.75, 3.05) is 36.8 Å². The standard InChI is InChI=1S/C23H28N4O2S/c1-4-27(20-13-9-6-10-14-20)30(28,29)21-15-16-23(24-17-21)25-18-22(26(2)3)19-11-7-5-8-12-19/h5-17,22H,4,18H2,1-3H3,(H,24,25)/t22-/m1/s1. The third-order valence-electron chi connectivity index (χ3n) is 4.94. The van der Waals surface area contributed by atoms with Crippen LogP contribution in [0.25, 0.3) is 0 Å². The molecule has 0 spiro atoms. The second-order valence-corrected chi connectivity index (χ2v) is 9.02. The van der Waals surface area contributed by atoms with Crippen molar-refractivity contribution in [2.24, 2.45) is 0 Å². The van der Waals surface area contributed by atoms with Crippen LogP contribution in [-0.4, -0.2) is 45.5 Å². The van der Waals surface area contributed by atoms with Crippen LogP contribution in [0.5, 0.6) is 0 Å². The Bertz CT molecular complexity index is 1020. The first-order valence-corrected chi connectivity index (χ1v) is 11.4. The summed E-state index contributed by atoms with van der Waals surface area (Å²) in [6.45, 7) is 2.81. The molecule has 0 radical (unpaired) electrons. The number of anilines is 2. The molecule has 2 aromatic carbocycles. The largest absolute Gasteiger partial charge is 0.368 e. The van der Waals surface area contributed by atoms with Crippen LogP contribution in [0.4, 0.5) is 11.5 Å². The SMILES string of the molecule is CCN(c1ccccc1)S(=O)(=O)c1ccc(NC[C@H](c2ccccc2)N(C)C)nc1. The monoisotopic (exact) mass is 424 g/mol. The van der Waals surface area contributed by atoms with Crippen molar-refractivity contribution < 1.29 is 8.42 Å². The first-order chi connectivity index (χ1) is 14.4. The fourth-order valence-corrected chi connectivity index (χ4v) is 4.74. The van der Waals surface area contributed by atoms with Crippen molar-refractivity contribution >= 4 is 21.5 Å². The summed E-state index contributed by atoms with van der Waals surface area (Å²) >= 11 is 0. The molecule has 0 unspecified atom stereocenters. The van der Waals surface area contributed by atoms with E-state index in [0.717, 1.165) is 0 Å². The number of nitrogens with zero attached hydrogens (tertiary/aromatic N) is 3. The van der Waals surface area contributed by atoms with Crippen LogP contribution >= 0.6 is 0 Å². The predicted octanol–water partition coefficient (Wildman–Crippen LogP) is 4.01. The van der Waals surface area contributed by atoms with E-state index >= 15 is 0 Å². The molecule has 1 N–H and O–H groups in total. The zero-order valence-electron chi connectivity index (χ0n) is 17.6. The van der Waals surface area contributed by atoms with E-state index in [1.54, 1.807) is 24.3 Å². The zero-order valence-corrected chi connectivity index (χ0v) is 18.4. The number of sulfonamides is 1. The van der Waals surface area contributed by atoms with Crippen LogP contribution in [0.2, 0.25) is 0 Å². The van der Waals surface area contributed by atoms with Gasteiger partial charge in [0.25, 0.3) is 10.0 Å². The van der Waals surface area contributed by atoms with Gasteiger partial charge in [0.15, 0.2) is 0 Å². The lowest BCUT2D eigenvalue weighted by Crippen LogP contribution is -2.30. The Labute approximate surface area is 179 Å². The Kier molecular flexibility index (Phi) is 7.07. The maximum atomic E-state index is 13.1. The Morgan fingerprint density at radius 2 is 1.57 bits per heavy atom. The molecule has 0 fully saturated rings. The highest BCUT2D eigenvalue weighted by Crippen LogP contribution is 2.24. The van der Waals surface area contributed by atoms with E-state index in [2.05, 4.69) is 27.3 Å². The first kappa shape index (κ1) is 21.8. The molecule has 0 aliphatic carbocycles. The number of benzene rings is 2. The minimum absolute atomic E-state index is 0.171. The van der Waals surface area contributed by atoms with E-state index in [1.807, 2.05) is 57.4 Å². The normalized spacial score (nSPS) is 12.5. The Morgan fingerprint density at radius 1 is 0.933 bits per heavy atom. The minimum atomic E-state index is -3.67. The van der Waals surface area contributed by atoms with Crippen LogP contribution in [0.1, 0.15) is 18.5 Å². The molecule has 0 aliphatic heterocycles. The molecule has 3 aromatic rings. The van der Waals surface area contributed by atoms with Crippen LogP contribution < -0.4 is 9.62 Å². The summed E-state index contributed by atoms with van der Waals surface area (Å²) < 4.78 is 27.5. The van der Waals surface area contributed by atoms with E-state index in [1.165, 1.54) is 16.1 Å². The summed E-state index contributed by atoms with van der Waals surface area (Å²) in [5.41, 5.74) is 1.84. The second kappa shape index (κ2) is 9.73. The van der Waals surface area contributed by atoms with Crippen molar-refractivity contribution in [2.45, 2.75) is 17.9 Å². The smallest absolute Gasteiger partial charge is 0.265 e. The van der Waals surface area contributed by atoms with Gasteiger partial charge in [-0.15, -0.1) is 0 Å². The molecule has 30 heavy (non-hydrogen) atoms. The van der Waals surface area contributed by atoms with E-state index in [-0.39, 0.29) is 10.9 Å². The molecule has 6 nitrogen and oxygen atoms in total. The lowest BCUT2D eigenvalue weighted by Gasteiger charge is -2.25. The molecule has 3 rings (SSSR count). The summed E-state index contributed by atoms with van der Waals surface area (Å²) in [4.78, 5) is 6.66. The number of hydrogen-bond acceptors (Lipinski definition) is 5. The fourth-order valence-electron chi connectivity index (χ4n) is 3.33. The number of pyridine rings is 1. The average Bonchev–Trinajstić information content (AvgIpc) is 2.76. The summed E-state index contributed by atoms with van der Waals surface area (Å²) in [7, 11) is 0.392. The Morgan fingerprint density at radius 3 is 2.10 bits per heavy atom. The number of nitrogens with one attached hydrogen (secondary N) is 1. The molecule has 0 bridgehead atoms. The topological polar surface area (TPSA) is 65.5 Å². The molecular formula is C23H28N4O2S. The van der Waals surface area contributed by atoms with Crippen molar-refractivity contribution in [3.05, 3.63) is 84.6 Å². The lowest BCUT2D eigenvalue weighted by atomic mass is 10.1. The molecule has 1 atom stereocenters. The van der Waals surface area contributed by atoms with Crippen LogP contribution in [0.15, 0.2) is 83.9 Å². The molecule has 1 aromatic heterocycles. The second-order valence-electron chi connectivity index (χ2n) is 7.16. The third-order valence-corrected chi connectivity index (χ3v) is 6.83. The summed E-state index contributed by atoms with van der Waals surface area (Å²) in [6.07, 6.45) is 1.41. The van der Waals surface area contributed by atoms with E-state index in [9.17, 15) is 8.42 Å². The Hall–Kier alpha value is -2.90. The molecule has 0 saturated carbocycles. The predicted molar refractivity (Wildman–Crippen MR) is 122 cm³/mol. The molecule has 0 aliphatic rings. The highest BCUT2D eigenvalue weighted by molar-refractivity contribution is 7.92. The maximum Gasteiger partial charge on any atom is 0.265 e. The quantitative estimate of drug-likeness (QED) is 0.562. The van der Waals surface area contributed by atoms with Gasteiger partial charge in [-0.3, -0.25) is 4.31 Å². The lowest BCUT2D eigenvalue weighted by molar-refractivity contribution is 0.311. The van der Waals surface area contributed by atoms with E-state index < -0.39 is 10.0 Å². The highest BCUT2D eigenvalue weighted by Gasteiger charge is 2.24. The van der Waals surface area contributed by atoms with Crippen molar-refractivity contribution in [3.63, 3.8) is 0 Å². The van der Waals surface area contributed by atoms with Crippen LogP contribution in [0, 0.1) is 0 Å². The van der Waals surface area contributed by atoms with Gasteiger partial charge in [0.1, 0.15) is 10.7 Å². The van der Waals surface area contributed by atoms with Gasteiger partial charge in [-0.2, -0.15) is 0 Å². The highest BCUT2D eigenvalue weighted by atomic mass is 32.2. The maximum absolute atomic E-state index is 13.1. The van der Waals surface area contributed by atoms with Gasteiger partial charge in [0.2, 0.25) is 0 Å². The van der Waals surface area contributed by atoms with Gasteiger partial charge in [-0.05, 0) is 50.8 Å². The number of rotatable bonds is 9. The first-order valence-electron chi connectivity index (χ1n) is 9.92. The number of hydrogen-bond donors (Lipinski definition) is 1. The van der Waals surface area contributed by atoms with Gasteiger partial charge in [0, 0.05) is 19.3 Å². The van der Waals surface area contributed by atoms with Crippen molar-refractivity contribution in [1.82, 2.24) is 9.88 Å². The molecule has 158 valence electrons. The van der Waals surface area contributed by atoms with Gasteiger partial charge < -0.3 is 10.2 Å². The molecule has 1 heterocycles. The molecule has 0 amide bonds. The third kappa shape index (κ3) is 4.98. The van der Waals surface area contributed by atoms with E-state index in [0.29, 0.717) is 24.6 Å². The van der Waals surface area contributed by atoms with Gasteiger partial charge in [0.05, 0.1) is 11.7 Å². The van der Waals surface area contributed by atoms with Gasteiger partial charge >= 0.3 is 0 Å². The zero-order chi connectivity index (χ0) is 21.6. The Balaban J connectivity index is 1.74. The van der Waals surface area contributed by atoms with E-state index in [4.69, 9.17) is 0 Å². The average molecular weight is 425 g/mol. The summed E-state index contributed by atoms with van der Waals surface area (Å²) in [6, 6.07) is 22.8. The van der Waals surface area contributed by atoms with Crippen molar-refractivity contribution in [3.8, 4) is 0 Å². The molecule has 7 heteroatoms. The molecular weight excluding hydrogens is 396 g/mol. The van der Waals surface area contributed by atoms with Gasteiger partial charge in [-0.1, -0.05) is 48.5 Å². The van der Waals surface area contributed by atoms with Crippen LogP contribution in [0.3, 0.4) is 0 Å². The van der Waals surface area contributed by atoms with Crippen molar-refractivity contribution in [1.29, 1.82) is 0 Å². The molecule has 0 saturated heterocycles. The van der Waals surface area contributed by atoms with Gasteiger partial charge in [-0.25, -0.2) is 13.4 Å². The summed E-state index contributed by atoms with van der Waals surface area (Å²) in [5.74, 6) is 0.638. The minimum Gasteiger partial charge on any atom is -0.368 e. The summed E-state index contributed by atoms with van der Waals surface area (Å²) in [5, 5.41) is 3.32. The number of likely N-dealkylation sites (N-methyl/N-ethyl adjacent to an activating group) is 1. The van der Waals surface area contributed by atoms with Crippen LogP contribution in [-0.2, 0) is 10.0 Å².